The van der Waals surface area contributed by atoms with Crippen molar-refractivity contribution in [1.29, 1.82) is 0 Å². The predicted molar refractivity (Wildman–Crippen MR) is 58.7 cm³/mol. The molecule has 1 amide bonds. The zero-order valence-electron chi connectivity index (χ0n) is 9.99. The number of halogens is 1. The summed E-state index contributed by atoms with van der Waals surface area (Å²) in [4.78, 5) is 13.7. The largest absolute Gasteiger partial charge is 0.381 e. The van der Waals surface area contributed by atoms with Gasteiger partial charge in [0.1, 0.15) is 6.17 Å². The van der Waals surface area contributed by atoms with Gasteiger partial charge in [0.2, 0.25) is 5.91 Å². The van der Waals surface area contributed by atoms with Crippen LogP contribution in [-0.2, 0) is 9.53 Å². The highest BCUT2D eigenvalue weighted by Gasteiger charge is 2.39. The van der Waals surface area contributed by atoms with Gasteiger partial charge in [0, 0.05) is 19.1 Å². The Kier molecular flexibility index (Phi) is 3.47. The molecule has 0 aromatic heterocycles. The molecule has 3 nitrogen and oxygen atoms in total. The number of hydrogen-bond donors (Lipinski definition) is 0. The van der Waals surface area contributed by atoms with Crippen LogP contribution in [0.5, 0.6) is 0 Å². The van der Waals surface area contributed by atoms with Gasteiger partial charge in [0.15, 0.2) is 0 Å². The van der Waals surface area contributed by atoms with E-state index in [1.807, 2.05) is 13.8 Å². The molecule has 0 bridgehead atoms. The fourth-order valence-corrected chi connectivity index (χ4v) is 2.59. The molecule has 2 saturated heterocycles. The summed E-state index contributed by atoms with van der Waals surface area (Å²) in [5.41, 5.74) is 0. The Bertz CT molecular complexity index is 264. The van der Waals surface area contributed by atoms with Gasteiger partial charge < -0.3 is 9.64 Å². The lowest BCUT2D eigenvalue weighted by molar-refractivity contribution is -0.134. The normalized spacial score (nSPS) is 35.0. The number of alkyl halides is 1. The van der Waals surface area contributed by atoms with Gasteiger partial charge in [-0.15, -0.1) is 0 Å². The van der Waals surface area contributed by atoms with Gasteiger partial charge in [-0.2, -0.15) is 0 Å². The summed E-state index contributed by atoms with van der Waals surface area (Å²) in [7, 11) is 0. The SMILES string of the molecule is CC(C)C1CN(C(=O)C2CCOC2)C[C@@H]1F. The van der Waals surface area contributed by atoms with Gasteiger partial charge >= 0.3 is 0 Å². The lowest BCUT2D eigenvalue weighted by Gasteiger charge is -2.20. The summed E-state index contributed by atoms with van der Waals surface area (Å²) in [6, 6.07) is 0. The third-order valence-electron chi connectivity index (χ3n) is 3.74. The lowest BCUT2D eigenvalue weighted by atomic mass is 9.94. The van der Waals surface area contributed by atoms with E-state index in [0.717, 1.165) is 6.42 Å². The first-order chi connectivity index (χ1) is 7.59. The maximum absolute atomic E-state index is 13.7. The van der Waals surface area contributed by atoms with Crippen LogP contribution in [0.1, 0.15) is 20.3 Å². The van der Waals surface area contributed by atoms with E-state index in [0.29, 0.717) is 25.7 Å². The van der Waals surface area contributed by atoms with E-state index in [1.54, 1.807) is 4.90 Å². The van der Waals surface area contributed by atoms with Crippen LogP contribution in [-0.4, -0.2) is 43.3 Å². The fourth-order valence-electron chi connectivity index (χ4n) is 2.59. The smallest absolute Gasteiger partial charge is 0.228 e. The van der Waals surface area contributed by atoms with Crippen LogP contribution >= 0.6 is 0 Å². The molecule has 2 aliphatic heterocycles. The molecular weight excluding hydrogens is 209 g/mol. The number of ether oxygens (including phenoxy) is 1. The summed E-state index contributed by atoms with van der Waals surface area (Å²) >= 11 is 0. The molecule has 92 valence electrons. The van der Waals surface area contributed by atoms with Gasteiger partial charge in [-0.25, -0.2) is 4.39 Å². The molecule has 2 rings (SSSR count). The highest BCUT2D eigenvalue weighted by Crippen LogP contribution is 2.28. The second-order valence-corrected chi connectivity index (χ2v) is 5.23. The molecule has 0 aliphatic carbocycles. The van der Waals surface area contributed by atoms with E-state index in [4.69, 9.17) is 4.74 Å². The summed E-state index contributed by atoms with van der Waals surface area (Å²) in [5.74, 6) is 0.361. The van der Waals surface area contributed by atoms with E-state index >= 15 is 0 Å². The maximum atomic E-state index is 13.7. The minimum Gasteiger partial charge on any atom is -0.381 e. The van der Waals surface area contributed by atoms with Crippen molar-refractivity contribution in [2.24, 2.45) is 17.8 Å². The van der Waals surface area contributed by atoms with E-state index in [2.05, 4.69) is 0 Å². The molecule has 0 aromatic carbocycles. The summed E-state index contributed by atoms with van der Waals surface area (Å²) < 4.78 is 18.9. The standard InChI is InChI=1S/C12H20FNO2/c1-8(2)10-5-14(6-11(10)13)12(15)9-3-4-16-7-9/h8-11H,3-7H2,1-2H3/t9?,10?,11-/m0/s1. The molecule has 4 heteroatoms. The first-order valence-electron chi connectivity index (χ1n) is 6.10. The van der Waals surface area contributed by atoms with Crippen LogP contribution in [0, 0.1) is 17.8 Å². The van der Waals surface area contributed by atoms with E-state index in [1.165, 1.54) is 0 Å². The van der Waals surface area contributed by atoms with Crippen LogP contribution in [0.4, 0.5) is 4.39 Å². The van der Waals surface area contributed by atoms with Crippen molar-refractivity contribution in [1.82, 2.24) is 4.90 Å². The summed E-state index contributed by atoms with van der Waals surface area (Å²) in [6.07, 6.45) is -0.0650. The average molecular weight is 229 g/mol. The Morgan fingerprint density at radius 1 is 1.44 bits per heavy atom. The van der Waals surface area contributed by atoms with Gasteiger partial charge in [-0.1, -0.05) is 13.8 Å². The Morgan fingerprint density at radius 2 is 2.19 bits per heavy atom. The second-order valence-electron chi connectivity index (χ2n) is 5.23. The van der Waals surface area contributed by atoms with Crippen LogP contribution in [0.25, 0.3) is 0 Å². The zero-order chi connectivity index (χ0) is 11.7. The lowest BCUT2D eigenvalue weighted by Crippen LogP contribution is -2.35. The molecule has 0 radical (unpaired) electrons. The quantitative estimate of drug-likeness (QED) is 0.717. The van der Waals surface area contributed by atoms with Crippen LogP contribution in [0.2, 0.25) is 0 Å². The first-order valence-corrected chi connectivity index (χ1v) is 6.10. The van der Waals surface area contributed by atoms with Gasteiger partial charge in [-0.05, 0) is 12.3 Å². The summed E-state index contributed by atoms with van der Waals surface area (Å²) in [5, 5.41) is 0. The molecule has 0 spiro atoms. The third kappa shape index (κ3) is 2.21. The third-order valence-corrected chi connectivity index (χ3v) is 3.74. The number of amides is 1. The van der Waals surface area contributed by atoms with Crippen molar-refractivity contribution in [3.63, 3.8) is 0 Å². The van der Waals surface area contributed by atoms with Gasteiger partial charge in [0.05, 0.1) is 19.1 Å². The number of carbonyl (C=O) groups excluding carboxylic acids is 1. The number of nitrogens with zero attached hydrogens (tertiary/aromatic N) is 1. The number of carbonyl (C=O) groups is 1. The minimum atomic E-state index is -0.855. The predicted octanol–water partition coefficient (Wildman–Crippen LogP) is 1.48. The monoisotopic (exact) mass is 229 g/mol. The topological polar surface area (TPSA) is 29.5 Å². The Hall–Kier alpha value is -0.640. The van der Waals surface area contributed by atoms with E-state index < -0.39 is 6.17 Å². The Balaban J connectivity index is 1.94. The molecule has 2 aliphatic rings. The molecule has 2 fully saturated rings. The highest BCUT2D eigenvalue weighted by molar-refractivity contribution is 5.79. The van der Waals surface area contributed by atoms with Crippen molar-refractivity contribution in [3.8, 4) is 0 Å². The van der Waals surface area contributed by atoms with Crippen molar-refractivity contribution in [2.45, 2.75) is 26.4 Å². The molecule has 0 aromatic rings. The maximum Gasteiger partial charge on any atom is 0.228 e. The van der Waals surface area contributed by atoms with Gasteiger partial charge in [0.25, 0.3) is 0 Å². The van der Waals surface area contributed by atoms with E-state index in [-0.39, 0.29) is 24.3 Å². The zero-order valence-corrected chi connectivity index (χ0v) is 9.99. The average Bonchev–Trinajstić information content (AvgIpc) is 2.84. The molecule has 3 atom stereocenters. The molecule has 0 N–H and O–H groups in total. The van der Waals surface area contributed by atoms with Crippen LogP contribution in [0.3, 0.4) is 0 Å². The summed E-state index contributed by atoms with van der Waals surface area (Å²) in [6.45, 7) is 6.07. The Labute approximate surface area is 95.9 Å². The van der Waals surface area contributed by atoms with E-state index in [9.17, 15) is 9.18 Å². The van der Waals surface area contributed by atoms with Crippen molar-refractivity contribution < 1.29 is 13.9 Å². The molecular formula is C12H20FNO2. The molecule has 2 heterocycles. The Morgan fingerprint density at radius 3 is 2.69 bits per heavy atom. The molecule has 2 unspecified atom stereocenters. The van der Waals surface area contributed by atoms with Gasteiger partial charge in [-0.3, -0.25) is 4.79 Å². The first kappa shape index (κ1) is 11.8. The van der Waals surface area contributed by atoms with Crippen molar-refractivity contribution in [3.05, 3.63) is 0 Å². The number of likely N-dealkylation sites (tertiary alicyclic amines) is 1. The number of rotatable bonds is 2. The molecule has 0 saturated carbocycles. The van der Waals surface area contributed by atoms with Crippen molar-refractivity contribution in [2.75, 3.05) is 26.3 Å². The minimum absolute atomic E-state index is 0.00581. The van der Waals surface area contributed by atoms with Crippen LogP contribution < -0.4 is 0 Å². The number of hydrogen-bond acceptors (Lipinski definition) is 2. The molecule has 16 heavy (non-hydrogen) atoms. The van der Waals surface area contributed by atoms with Crippen LogP contribution in [0.15, 0.2) is 0 Å². The van der Waals surface area contributed by atoms with Crippen molar-refractivity contribution >= 4 is 5.91 Å². The fraction of sp³-hybridized carbons (Fsp3) is 0.917. The highest BCUT2D eigenvalue weighted by atomic mass is 19.1. The second kappa shape index (κ2) is 4.70.